The second-order valence-corrected chi connectivity index (χ2v) is 8.20. The summed E-state index contributed by atoms with van der Waals surface area (Å²) in [7, 11) is 1.59. The van der Waals surface area contributed by atoms with Crippen LogP contribution in [0.25, 0.3) is 17.0 Å². The van der Waals surface area contributed by atoms with E-state index in [-0.39, 0.29) is 31.2 Å². The summed E-state index contributed by atoms with van der Waals surface area (Å²) in [5.74, 6) is 0.662. The van der Waals surface area contributed by atoms with Crippen molar-refractivity contribution in [2.75, 3.05) is 38.7 Å². The highest BCUT2D eigenvalue weighted by atomic mass is 16.5. The lowest BCUT2D eigenvalue weighted by Crippen LogP contribution is -2.54. The summed E-state index contributed by atoms with van der Waals surface area (Å²) in [5.41, 5.74) is 1.38. The van der Waals surface area contributed by atoms with E-state index < -0.39 is 5.92 Å². The predicted molar refractivity (Wildman–Crippen MR) is 133 cm³/mol. The lowest BCUT2D eigenvalue weighted by Gasteiger charge is -2.37. The van der Waals surface area contributed by atoms with Crippen molar-refractivity contribution in [2.24, 2.45) is 5.92 Å². The van der Waals surface area contributed by atoms with Crippen LogP contribution < -0.4 is 15.4 Å². The maximum atomic E-state index is 13.2. The van der Waals surface area contributed by atoms with E-state index in [1.54, 1.807) is 37.5 Å². The van der Waals surface area contributed by atoms with E-state index in [0.717, 1.165) is 16.7 Å². The number of hydrogen-bond donors (Lipinski definition) is 2. The first-order valence-electron chi connectivity index (χ1n) is 11.7. The van der Waals surface area contributed by atoms with Crippen LogP contribution in [-0.4, -0.2) is 61.3 Å². The number of carbonyl (C=O) groups is 2. The summed E-state index contributed by atoms with van der Waals surface area (Å²) >= 11 is 0. The van der Waals surface area contributed by atoms with Crippen LogP contribution in [0.2, 0.25) is 0 Å². The van der Waals surface area contributed by atoms with Crippen LogP contribution in [0.15, 0.2) is 59.4 Å². The molecule has 0 bridgehead atoms. The summed E-state index contributed by atoms with van der Waals surface area (Å²) in [6, 6.07) is 10.6. The number of ether oxygens (including phenoxy) is 2. The van der Waals surface area contributed by atoms with E-state index >= 15 is 0 Å². The fourth-order valence-corrected chi connectivity index (χ4v) is 4.21. The SMILES string of the molecule is CCOC(=O)[C@H]1CN(C(=O)Nc2ccnc3ccc(OC)cc23)CC[C@H]1NCC=Cc1ccco1. The number of rotatable bonds is 8. The number of methoxy groups -OCH3 is 1. The molecular weight excluding hydrogens is 448 g/mol. The van der Waals surface area contributed by atoms with Gasteiger partial charge in [-0.1, -0.05) is 6.08 Å². The molecule has 3 heterocycles. The highest BCUT2D eigenvalue weighted by molar-refractivity contribution is 6.00. The molecule has 184 valence electrons. The normalized spacial score (nSPS) is 18.1. The van der Waals surface area contributed by atoms with Crippen LogP contribution in [-0.2, 0) is 9.53 Å². The first-order valence-corrected chi connectivity index (χ1v) is 11.7. The number of pyridine rings is 1. The molecule has 1 aliphatic rings. The molecule has 2 amide bonds. The Morgan fingerprint density at radius 2 is 2.17 bits per heavy atom. The molecule has 1 aliphatic heterocycles. The van der Waals surface area contributed by atoms with Crippen molar-refractivity contribution in [2.45, 2.75) is 19.4 Å². The Labute approximate surface area is 204 Å². The van der Waals surface area contributed by atoms with Gasteiger partial charge in [-0.15, -0.1) is 0 Å². The maximum absolute atomic E-state index is 13.2. The van der Waals surface area contributed by atoms with E-state index in [1.807, 2.05) is 42.5 Å². The number of likely N-dealkylation sites (tertiary alicyclic amines) is 1. The number of nitrogens with zero attached hydrogens (tertiary/aromatic N) is 2. The van der Waals surface area contributed by atoms with Crippen molar-refractivity contribution in [3.8, 4) is 5.75 Å². The smallest absolute Gasteiger partial charge is 0.321 e. The topological polar surface area (TPSA) is 106 Å². The van der Waals surface area contributed by atoms with Crippen molar-refractivity contribution < 1.29 is 23.5 Å². The summed E-state index contributed by atoms with van der Waals surface area (Å²) in [6.45, 7) is 3.41. The van der Waals surface area contributed by atoms with E-state index in [0.29, 0.717) is 30.9 Å². The lowest BCUT2D eigenvalue weighted by molar-refractivity contribution is -0.150. The molecule has 1 aromatic carbocycles. The minimum Gasteiger partial charge on any atom is -0.497 e. The van der Waals surface area contributed by atoms with Gasteiger partial charge in [0.25, 0.3) is 0 Å². The molecule has 2 atom stereocenters. The lowest BCUT2D eigenvalue weighted by atomic mass is 9.92. The van der Waals surface area contributed by atoms with E-state index in [1.165, 1.54) is 0 Å². The van der Waals surface area contributed by atoms with Crippen LogP contribution in [0.1, 0.15) is 19.1 Å². The van der Waals surface area contributed by atoms with Crippen LogP contribution in [0.4, 0.5) is 10.5 Å². The zero-order valence-electron chi connectivity index (χ0n) is 19.9. The average molecular weight is 479 g/mol. The molecule has 3 aromatic rings. The average Bonchev–Trinajstić information content (AvgIpc) is 3.40. The number of carbonyl (C=O) groups excluding carboxylic acids is 2. The first-order chi connectivity index (χ1) is 17.1. The van der Waals surface area contributed by atoms with Crippen molar-refractivity contribution in [3.63, 3.8) is 0 Å². The van der Waals surface area contributed by atoms with Gasteiger partial charge in [-0.2, -0.15) is 0 Å². The van der Waals surface area contributed by atoms with E-state index in [4.69, 9.17) is 13.9 Å². The molecule has 0 spiro atoms. The number of benzene rings is 1. The second kappa shape index (κ2) is 11.5. The summed E-state index contributed by atoms with van der Waals surface area (Å²) < 4.78 is 15.9. The molecular formula is C26H30N4O5. The van der Waals surface area contributed by atoms with Gasteiger partial charge in [0.2, 0.25) is 0 Å². The van der Waals surface area contributed by atoms with Gasteiger partial charge in [0.15, 0.2) is 0 Å². The fraction of sp³-hybridized carbons (Fsp3) is 0.346. The first kappa shape index (κ1) is 24.3. The molecule has 35 heavy (non-hydrogen) atoms. The largest absolute Gasteiger partial charge is 0.497 e. The fourth-order valence-electron chi connectivity index (χ4n) is 4.21. The highest BCUT2D eigenvalue weighted by Gasteiger charge is 2.36. The summed E-state index contributed by atoms with van der Waals surface area (Å²) in [5, 5.41) is 7.17. The zero-order chi connectivity index (χ0) is 24.6. The third-order valence-corrected chi connectivity index (χ3v) is 6.00. The van der Waals surface area contributed by atoms with Crippen molar-refractivity contribution in [1.29, 1.82) is 0 Å². The monoisotopic (exact) mass is 478 g/mol. The Balaban J connectivity index is 1.43. The zero-order valence-corrected chi connectivity index (χ0v) is 19.9. The number of fused-ring (bicyclic) bond motifs is 1. The molecule has 1 fully saturated rings. The van der Waals surface area contributed by atoms with Crippen molar-refractivity contribution >= 4 is 34.7 Å². The highest BCUT2D eigenvalue weighted by Crippen LogP contribution is 2.27. The molecule has 0 aliphatic carbocycles. The molecule has 2 aromatic heterocycles. The number of hydrogen-bond acceptors (Lipinski definition) is 7. The predicted octanol–water partition coefficient (Wildman–Crippen LogP) is 3.92. The van der Waals surface area contributed by atoms with Crippen molar-refractivity contribution in [3.05, 3.63) is 60.7 Å². The minimum absolute atomic E-state index is 0.106. The standard InChI is InChI=1S/C26H30N4O5/c1-3-34-25(31)21-17-30(14-11-23(21)27-12-4-6-18-7-5-15-35-18)26(32)29-24-10-13-28-22-9-8-19(33-2)16-20(22)24/h4-10,13,15-16,21,23,27H,3,11-12,14,17H2,1-2H3,(H,28,29,32)/t21-,23+/m0/s1. The minimum atomic E-state index is -0.472. The van der Waals surface area contributed by atoms with Gasteiger partial charge in [0.05, 0.1) is 37.1 Å². The summed E-state index contributed by atoms with van der Waals surface area (Å²) in [6.07, 6.45) is 7.72. The molecule has 4 rings (SSSR count). The van der Waals surface area contributed by atoms with Crippen LogP contribution >= 0.6 is 0 Å². The van der Waals surface area contributed by atoms with Gasteiger partial charge in [-0.3, -0.25) is 9.78 Å². The third kappa shape index (κ3) is 5.99. The molecule has 0 saturated carbocycles. The number of aromatic nitrogens is 1. The van der Waals surface area contributed by atoms with Gasteiger partial charge in [-0.25, -0.2) is 4.79 Å². The Hall–Kier alpha value is -3.85. The van der Waals surface area contributed by atoms with Crippen LogP contribution in [0.5, 0.6) is 5.75 Å². The van der Waals surface area contributed by atoms with Gasteiger partial charge in [0.1, 0.15) is 11.5 Å². The number of urea groups is 1. The molecule has 0 radical (unpaired) electrons. The number of anilines is 1. The van der Waals surface area contributed by atoms with Gasteiger partial charge in [0, 0.05) is 37.3 Å². The molecule has 1 saturated heterocycles. The van der Waals surface area contributed by atoms with Crippen molar-refractivity contribution in [1.82, 2.24) is 15.2 Å². The molecule has 9 nitrogen and oxygen atoms in total. The third-order valence-electron chi connectivity index (χ3n) is 6.00. The van der Waals surface area contributed by atoms with E-state index in [9.17, 15) is 9.59 Å². The number of furan rings is 1. The Morgan fingerprint density at radius 3 is 2.94 bits per heavy atom. The van der Waals surface area contributed by atoms with Gasteiger partial charge >= 0.3 is 12.0 Å². The Morgan fingerprint density at radius 1 is 1.29 bits per heavy atom. The van der Waals surface area contributed by atoms with Crippen LogP contribution in [0, 0.1) is 5.92 Å². The number of nitrogens with one attached hydrogen (secondary N) is 2. The van der Waals surface area contributed by atoms with Gasteiger partial charge in [-0.05, 0) is 55.8 Å². The Kier molecular flexibility index (Phi) is 7.99. The number of esters is 1. The van der Waals surface area contributed by atoms with E-state index in [2.05, 4.69) is 15.6 Å². The summed E-state index contributed by atoms with van der Waals surface area (Å²) in [4.78, 5) is 31.9. The molecule has 2 N–H and O–H groups in total. The Bertz CT molecular complexity index is 1180. The quantitative estimate of drug-likeness (QED) is 0.473. The maximum Gasteiger partial charge on any atom is 0.321 e. The number of amides is 2. The van der Waals surface area contributed by atoms with Gasteiger partial charge < -0.3 is 29.4 Å². The molecule has 0 unspecified atom stereocenters. The number of piperidine rings is 1. The second-order valence-electron chi connectivity index (χ2n) is 8.20. The van der Waals surface area contributed by atoms with Crippen LogP contribution in [0.3, 0.4) is 0 Å². The molecule has 9 heteroatoms.